The summed E-state index contributed by atoms with van der Waals surface area (Å²) in [6, 6.07) is 11.0. The molecule has 0 atom stereocenters. The van der Waals surface area contributed by atoms with Crippen molar-refractivity contribution >= 4 is 23.2 Å². The molecule has 0 saturated carbocycles. The quantitative estimate of drug-likeness (QED) is 0.858. The fraction of sp³-hybridized carbons (Fsp3) is 0.176. The largest absolute Gasteiger partial charge is 0.488 e. The standard InChI is InChI=1S/C17H14Cl2O2/c1-12-4-7-17(13(9-12)3-2-8-20)21-11-14-5-6-15(18)10-16(14)19/h4-7,9-10,20H,8,11H2,1H3. The third-order valence-corrected chi connectivity index (χ3v) is 3.42. The summed E-state index contributed by atoms with van der Waals surface area (Å²) in [5.41, 5.74) is 2.67. The van der Waals surface area contributed by atoms with Crippen molar-refractivity contribution in [1.29, 1.82) is 0 Å². The lowest BCUT2D eigenvalue weighted by Gasteiger charge is -2.10. The molecule has 0 heterocycles. The zero-order chi connectivity index (χ0) is 15.2. The molecule has 0 fully saturated rings. The van der Waals surface area contributed by atoms with Crippen molar-refractivity contribution < 1.29 is 9.84 Å². The van der Waals surface area contributed by atoms with Crippen molar-refractivity contribution in [2.45, 2.75) is 13.5 Å². The normalized spacial score (nSPS) is 9.90. The highest BCUT2D eigenvalue weighted by molar-refractivity contribution is 6.35. The van der Waals surface area contributed by atoms with E-state index in [9.17, 15) is 0 Å². The van der Waals surface area contributed by atoms with E-state index in [1.807, 2.05) is 31.2 Å². The number of aliphatic hydroxyl groups is 1. The van der Waals surface area contributed by atoms with Gasteiger partial charge < -0.3 is 9.84 Å². The molecule has 2 aromatic carbocycles. The number of aryl methyl sites for hydroxylation is 1. The van der Waals surface area contributed by atoms with Crippen molar-refractivity contribution in [3.8, 4) is 17.6 Å². The summed E-state index contributed by atoms with van der Waals surface area (Å²) in [6.45, 7) is 2.12. The molecule has 0 bridgehead atoms. The van der Waals surface area contributed by atoms with Crippen molar-refractivity contribution in [1.82, 2.24) is 0 Å². The van der Waals surface area contributed by atoms with Gasteiger partial charge in [-0.05, 0) is 36.8 Å². The van der Waals surface area contributed by atoms with Crippen LogP contribution < -0.4 is 4.74 Å². The Morgan fingerprint density at radius 1 is 1.14 bits per heavy atom. The van der Waals surface area contributed by atoms with E-state index in [4.69, 9.17) is 33.0 Å². The van der Waals surface area contributed by atoms with Gasteiger partial charge in [-0.2, -0.15) is 0 Å². The monoisotopic (exact) mass is 320 g/mol. The number of aliphatic hydroxyl groups excluding tert-OH is 1. The van der Waals surface area contributed by atoms with Crippen LogP contribution in [0.3, 0.4) is 0 Å². The molecule has 0 aromatic heterocycles. The molecule has 2 nitrogen and oxygen atoms in total. The van der Waals surface area contributed by atoms with Gasteiger partial charge in [-0.1, -0.05) is 47.2 Å². The average Bonchev–Trinajstić information content (AvgIpc) is 2.45. The Morgan fingerprint density at radius 3 is 2.67 bits per heavy atom. The van der Waals surface area contributed by atoms with Crippen LogP contribution in [0.1, 0.15) is 16.7 Å². The molecule has 1 N–H and O–H groups in total. The Balaban J connectivity index is 2.19. The second kappa shape index (κ2) is 7.38. The molecule has 2 rings (SSSR count). The molecule has 21 heavy (non-hydrogen) atoms. The highest BCUT2D eigenvalue weighted by Gasteiger charge is 2.05. The Morgan fingerprint density at radius 2 is 1.95 bits per heavy atom. The topological polar surface area (TPSA) is 29.5 Å². The minimum atomic E-state index is -0.184. The molecule has 0 radical (unpaired) electrons. The van der Waals surface area contributed by atoms with E-state index in [1.54, 1.807) is 12.1 Å². The first kappa shape index (κ1) is 15.7. The first-order chi connectivity index (χ1) is 10.1. The molecule has 4 heteroatoms. The van der Waals surface area contributed by atoms with Gasteiger partial charge in [0.05, 0.1) is 5.56 Å². The van der Waals surface area contributed by atoms with E-state index in [0.717, 1.165) is 16.7 Å². The van der Waals surface area contributed by atoms with Crippen LogP contribution in [0.2, 0.25) is 10.0 Å². The molecule has 0 spiro atoms. The van der Waals surface area contributed by atoms with Gasteiger partial charge in [-0.15, -0.1) is 0 Å². The van der Waals surface area contributed by atoms with Gasteiger partial charge in [0.2, 0.25) is 0 Å². The lowest BCUT2D eigenvalue weighted by molar-refractivity contribution is 0.305. The van der Waals surface area contributed by atoms with E-state index < -0.39 is 0 Å². The average molecular weight is 321 g/mol. The van der Waals surface area contributed by atoms with Crippen LogP contribution in [0.4, 0.5) is 0 Å². The second-order valence-corrected chi connectivity index (χ2v) is 5.33. The maximum absolute atomic E-state index is 8.81. The number of halogens is 2. The molecular weight excluding hydrogens is 307 g/mol. The fourth-order valence-corrected chi connectivity index (χ4v) is 2.26. The van der Waals surface area contributed by atoms with Crippen LogP contribution in [-0.4, -0.2) is 11.7 Å². The number of ether oxygens (including phenoxy) is 1. The van der Waals surface area contributed by atoms with Crippen molar-refractivity contribution in [3.63, 3.8) is 0 Å². The minimum Gasteiger partial charge on any atom is -0.488 e. The predicted molar refractivity (Wildman–Crippen MR) is 85.9 cm³/mol. The van der Waals surface area contributed by atoms with Crippen LogP contribution >= 0.6 is 23.2 Å². The van der Waals surface area contributed by atoms with Crippen LogP contribution in [0.5, 0.6) is 5.75 Å². The lowest BCUT2D eigenvalue weighted by atomic mass is 10.1. The van der Waals surface area contributed by atoms with Crippen molar-refractivity contribution in [3.05, 3.63) is 63.1 Å². The Hall–Kier alpha value is -1.66. The van der Waals surface area contributed by atoms with Crippen LogP contribution in [-0.2, 0) is 6.61 Å². The number of hydrogen-bond acceptors (Lipinski definition) is 2. The summed E-state index contributed by atoms with van der Waals surface area (Å²) in [5.74, 6) is 6.18. The summed E-state index contributed by atoms with van der Waals surface area (Å²) in [7, 11) is 0. The maximum atomic E-state index is 8.81. The first-order valence-corrected chi connectivity index (χ1v) is 7.13. The summed E-state index contributed by atoms with van der Waals surface area (Å²) < 4.78 is 5.78. The second-order valence-electron chi connectivity index (χ2n) is 4.48. The minimum absolute atomic E-state index is 0.184. The maximum Gasteiger partial charge on any atom is 0.135 e. The van der Waals surface area contributed by atoms with Crippen LogP contribution in [0.15, 0.2) is 36.4 Å². The van der Waals surface area contributed by atoms with Gasteiger partial charge >= 0.3 is 0 Å². The SMILES string of the molecule is Cc1ccc(OCc2ccc(Cl)cc2Cl)c(C#CCO)c1. The third kappa shape index (κ3) is 4.41. The van der Waals surface area contributed by atoms with Crippen LogP contribution in [0, 0.1) is 18.8 Å². The van der Waals surface area contributed by atoms with Gasteiger partial charge in [-0.3, -0.25) is 0 Å². The van der Waals surface area contributed by atoms with Crippen molar-refractivity contribution in [2.75, 3.05) is 6.61 Å². The van der Waals surface area contributed by atoms with E-state index in [0.29, 0.717) is 22.4 Å². The predicted octanol–water partition coefficient (Wildman–Crippen LogP) is 4.22. The number of hydrogen-bond donors (Lipinski definition) is 1. The van der Waals surface area contributed by atoms with E-state index in [-0.39, 0.29) is 6.61 Å². The Labute approximate surface area is 134 Å². The highest BCUT2D eigenvalue weighted by atomic mass is 35.5. The molecule has 108 valence electrons. The Kier molecular flexibility index (Phi) is 5.52. The zero-order valence-electron chi connectivity index (χ0n) is 11.5. The molecule has 0 aliphatic carbocycles. The smallest absolute Gasteiger partial charge is 0.135 e. The molecule has 0 aliphatic rings. The molecule has 2 aromatic rings. The van der Waals surface area contributed by atoms with E-state index in [1.165, 1.54) is 0 Å². The van der Waals surface area contributed by atoms with Gasteiger partial charge in [0.25, 0.3) is 0 Å². The summed E-state index contributed by atoms with van der Waals surface area (Å²) >= 11 is 12.0. The molecular formula is C17H14Cl2O2. The van der Waals surface area contributed by atoms with Crippen LogP contribution in [0.25, 0.3) is 0 Å². The molecule has 0 amide bonds. The van der Waals surface area contributed by atoms with Gasteiger partial charge in [0, 0.05) is 15.6 Å². The zero-order valence-corrected chi connectivity index (χ0v) is 13.0. The Bertz CT molecular complexity index is 700. The van der Waals surface area contributed by atoms with E-state index in [2.05, 4.69) is 11.8 Å². The summed E-state index contributed by atoms with van der Waals surface area (Å²) in [5, 5.41) is 9.97. The first-order valence-electron chi connectivity index (χ1n) is 6.37. The van der Waals surface area contributed by atoms with Gasteiger partial charge in [0.1, 0.15) is 19.0 Å². The van der Waals surface area contributed by atoms with Gasteiger partial charge in [0.15, 0.2) is 0 Å². The molecule has 0 aliphatic heterocycles. The summed E-state index contributed by atoms with van der Waals surface area (Å²) in [6.07, 6.45) is 0. The highest BCUT2D eigenvalue weighted by Crippen LogP contribution is 2.24. The van der Waals surface area contributed by atoms with Crippen molar-refractivity contribution in [2.24, 2.45) is 0 Å². The lowest BCUT2D eigenvalue weighted by Crippen LogP contribution is -1.98. The molecule has 0 unspecified atom stereocenters. The van der Waals surface area contributed by atoms with E-state index >= 15 is 0 Å². The molecule has 0 saturated heterocycles. The number of rotatable bonds is 3. The van der Waals surface area contributed by atoms with Gasteiger partial charge in [-0.25, -0.2) is 0 Å². The third-order valence-electron chi connectivity index (χ3n) is 2.84. The number of benzene rings is 2. The summed E-state index contributed by atoms with van der Waals surface area (Å²) in [4.78, 5) is 0. The fourth-order valence-electron chi connectivity index (χ4n) is 1.80.